The molecule has 3 nitrogen and oxygen atoms in total. The monoisotopic (exact) mass is 265 g/mol. The summed E-state index contributed by atoms with van der Waals surface area (Å²) in [4.78, 5) is 14.6. The normalized spacial score (nSPS) is 48.9. The van der Waals surface area contributed by atoms with Gasteiger partial charge in [-0.2, -0.15) is 0 Å². The first kappa shape index (κ1) is 13.4. The fourth-order valence-corrected chi connectivity index (χ4v) is 4.49. The van der Waals surface area contributed by atoms with Gasteiger partial charge in [0.25, 0.3) is 0 Å². The second kappa shape index (κ2) is 4.21. The van der Waals surface area contributed by atoms with Crippen LogP contribution in [-0.2, 0) is 9.53 Å². The molecule has 3 fully saturated rings. The molecule has 0 aromatic rings. The van der Waals surface area contributed by atoms with Crippen molar-refractivity contribution in [3.8, 4) is 0 Å². The van der Waals surface area contributed by atoms with Crippen LogP contribution in [0.1, 0.15) is 53.9 Å². The SMILES string of the molecule is C[C@@H]1CC[C@@H]2[C@@H](C1)O[C@H]1[C@H](C)[C@H](C)C(=O)N1C2(C)C. The van der Waals surface area contributed by atoms with E-state index < -0.39 is 0 Å². The van der Waals surface area contributed by atoms with Gasteiger partial charge in [0.15, 0.2) is 0 Å². The minimum absolute atomic E-state index is 0.00375. The number of amides is 1. The summed E-state index contributed by atoms with van der Waals surface area (Å²) in [7, 11) is 0. The van der Waals surface area contributed by atoms with Crippen molar-refractivity contribution in [1.82, 2.24) is 4.90 Å². The van der Waals surface area contributed by atoms with Crippen LogP contribution in [0.25, 0.3) is 0 Å². The summed E-state index contributed by atoms with van der Waals surface area (Å²) in [6.45, 7) is 11.0. The number of carbonyl (C=O) groups excluding carboxylic acids is 1. The van der Waals surface area contributed by atoms with Crippen LogP contribution in [0.5, 0.6) is 0 Å². The van der Waals surface area contributed by atoms with Crippen molar-refractivity contribution in [2.75, 3.05) is 0 Å². The van der Waals surface area contributed by atoms with Gasteiger partial charge in [-0.3, -0.25) is 4.79 Å². The van der Waals surface area contributed by atoms with E-state index >= 15 is 0 Å². The first-order chi connectivity index (χ1) is 8.84. The number of rotatable bonds is 0. The van der Waals surface area contributed by atoms with Gasteiger partial charge in [-0.1, -0.05) is 27.2 Å². The lowest BCUT2D eigenvalue weighted by Crippen LogP contribution is -2.64. The third kappa shape index (κ3) is 1.77. The van der Waals surface area contributed by atoms with Crippen LogP contribution in [0.2, 0.25) is 0 Å². The molecule has 3 heteroatoms. The Kier molecular flexibility index (Phi) is 2.97. The van der Waals surface area contributed by atoms with Gasteiger partial charge >= 0.3 is 0 Å². The third-order valence-corrected chi connectivity index (χ3v) is 6.02. The highest BCUT2D eigenvalue weighted by Crippen LogP contribution is 2.50. The van der Waals surface area contributed by atoms with E-state index in [1.165, 1.54) is 12.8 Å². The number of hydrogen-bond donors (Lipinski definition) is 0. The lowest BCUT2D eigenvalue weighted by atomic mass is 9.70. The maximum absolute atomic E-state index is 12.6. The summed E-state index contributed by atoms with van der Waals surface area (Å²) in [5.74, 6) is 1.96. The fourth-order valence-electron chi connectivity index (χ4n) is 4.49. The smallest absolute Gasteiger partial charge is 0.228 e. The Labute approximate surface area is 116 Å². The van der Waals surface area contributed by atoms with Crippen LogP contribution >= 0.6 is 0 Å². The maximum atomic E-state index is 12.6. The van der Waals surface area contributed by atoms with Crippen molar-refractivity contribution < 1.29 is 9.53 Å². The van der Waals surface area contributed by atoms with Gasteiger partial charge in [0.2, 0.25) is 5.91 Å². The molecule has 19 heavy (non-hydrogen) atoms. The van der Waals surface area contributed by atoms with Gasteiger partial charge in [0, 0.05) is 23.3 Å². The van der Waals surface area contributed by atoms with E-state index in [-0.39, 0.29) is 17.7 Å². The summed E-state index contributed by atoms with van der Waals surface area (Å²) < 4.78 is 6.38. The van der Waals surface area contributed by atoms with E-state index in [2.05, 4.69) is 39.5 Å². The maximum Gasteiger partial charge on any atom is 0.228 e. The van der Waals surface area contributed by atoms with E-state index in [1.54, 1.807) is 0 Å². The van der Waals surface area contributed by atoms with Gasteiger partial charge < -0.3 is 9.64 Å². The van der Waals surface area contributed by atoms with Crippen molar-refractivity contribution in [2.45, 2.75) is 71.8 Å². The molecule has 2 aliphatic heterocycles. The quantitative estimate of drug-likeness (QED) is 0.674. The lowest BCUT2D eigenvalue weighted by molar-refractivity contribution is -0.226. The second-order valence-electron chi connectivity index (χ2n) is 7.60. The van der Waals surface area contributed by atoms with Crippen LogP contribution in [0, 0.1) is 23.7 Å². The summed E-state index contributed by atoms with van der Waals surface area (Å²) in [6.07, 6.45) is 3.97. The fraction of sp³-hybridized carbons (Fsp3) is 0.938. The molecule has 0 aromatic heterocycles. The number of ether oxygens (including phenoxy) is 1. The van der Waals surface area contributed by atoms with Crippen molar-refractivity contribution in [1.29, 1.82) is 0 Å². The largest absolute Gasteiger partial charge is 0.354 e. The van der Waals surface area contributed by atoms with Crippen LogP contribution in [0.4, 0.5) is 0 Å². The van der Waals surface area contributed by atoms with Crippen molar-refractivity contribution in [2.24, 2.45) is 23.7 Å². The third-order valence-electron chi connectivity index (χ3n) is 6.02. The van der Waals surface area contributed by atoms with Crippen LogP contribution < -0.4 is 0 Å². The first-order valence-corrected chi connectivity index (χ1v) is 7.82. The molecule has 1 aliphatic carbocycles. The Morgan fingerprint density at radius 1 is 1.21 bits per heavy atom. The minimum atomic E-state index is -0.0518. The van der Waals surface area contributed by atoms with Crippen molar-refractivity contribution in [3.63, 3.8) is 0 Å². The first-order valence-electron chi connectivity index (χ1n) is 7.82. The average Bonchev–Trinajstić information content (AvgIpc) is 2.54. The molecule has 0 spiro atoms. The van der Waals surface area contributed by atoms with E-state index in [9.17, 15) is 4.79 Å². The standard InChI is InChI=1S/C16H27NO2/c1-9-6-7-12-13(8-9)19-15-11(3)10(2)14(18)17(15)16(12,4)5/h9-13,15H,6-8H2,1-5H3/t9-,10+,11-,12-,13-,15+/m1/s1. The molecule has 0 bridgehead atoms. The highest BCUT2D eigenvalue weighted by atomic mass is 16.5. The topological polar surface area (TPSA) is 29.5 Å². The van der Waals surface area contributed by atoms with E-state index in [0.29, 0.717) is 23.8 Å². The molecule has 0 N–H and O–H groups in total. The minimum Gasteiger partial charge on any atom is -0.354 e. The van der Waals surface area contributed by atoms with E-state index in [1.807, 2.05) is 0 Å². The van der Waals surface area contributed by atoms with Gasteiger partial charge in [0.05, 0.1) is 6.10 Å². The zero-order valence-electron chi connectivity index (χ0n) is 12.8. The zero-order valence-corrected chi connectivity index (χ0v) is 12.8. The van der Waals surface area contributed by atoms with Crippen LogP contribution in [0.15, 0.2) is 0 Å². The number of nitrogens with zero attached hydrogens (tertiary/aromatic N) is 1. The van der Waals surface area contributed by atoms with E-state index in [4.69, 9.17) is 4.74 Å². The molecular formula is C16H27NO2. The summed E-state index contributed by atoms with van der Waals surface area (Å²) in [6, 6.07) is 0. The lowest BCUT2D eigenvalue weighted by Gasteiger charge is -2.55. The molecule has 6 atom stereocenters. The Balaban J connectivity index is 1.94. The molecule has 3 rings (SSSR count). The molecular weight excluding hydrogens is 238 g/mol. The molecule has 1 saturated carbocycles. The summed E-state index contributed by atoms with van der Waals surface area (Å²) in [5.41, 5.74) is -0.0518. The van der Waals surface area contributed by atoms with Crippen LogP contribution in [0.3, 0.4) is 0 Å². The Morgan fingerprint density at radius 3 is 2.58 bits per heavy atom. The Hall–Kier alpha value is -0.570. The second-order valence-corrected chi connectivity index (χ2v) is 7.60. The number of carbonyl (C=O) groups is 1. The van der Waals surface area contributed by atoms with Gasteiger partial charge in [-0.05, 0) is 32.6 Å². The van der Waals surface area contributed by atoms with E-state index in [0.717, 1.165) is 12.3 Å². The molecule has 2 saturated heterocycles. The highest BCUT2D eigenvalue weighted by Gasteiger charge is 2.58. The Bertz CT molecular complexity index is 392. The average molecular weight is 265 g/mol. The molecule has 3 aliphatic rings. The van der Waals surface area contributed by atoms with Gasteiger partial charge in [-0.25, -0.2) is 0 Å². The van der Waals surface area contributed by atoms with Gasteiger partial charge in [-0.15, -0.1) is 0 Å². The predicted octanol–water partition coefficient (Wildman–Crippen LogP) is 3.04. The number of fused-ring (bicyclic) bond motifs is 2. The summed E-state index contributed by atoms with van der Waals surface area (Å²) in [5, 5.41) is 0. The molecule has 0 unspecified atom stereocenters. The molecule has 108 valence electrons. The zero-order chi connectivity index (χ0) is 13.9. The number of hydrogen-bond acceptors (Lipinski definition) is 2. The Morgan fingerprint density at radius 2 is 1.89 bits per heavy atom. The molecule has 0 radical (unpaired) electrons. The highest BCUT2D eigenvalue weighted by molar-refractivity contribution is 5.82. The van der Waals surface area contributed by atoms with Gasteiger partial charge in [0.1, 0.15) is 6.23 Å². The summed E-state index contributed by atoms with van der Waals surface area (Å²) >= 11 is 0. The predicted molar refractivity (Wildman–Crippen MR) is 74.4 cm³/mol. The van der Waals surface area contributed by atoms with Crippen LogP contribution in [-0.4, -0.2) is 28.7 Å². The molecule has 2 heterocycles. The van der Waals surface area contributed by atoms with Crippen molar-refractivity contribution in [3.05, 3.63) is 0 Å². The molecule has 1 amide bonds. The van der Waals surface area contributed by atoms with Crippen molar-refractivity contribution >= 4 is 5.91 Å². The molecule has 0 aromatic carbocycles.